The molecule has 0 aromatic heterocycles. The van der Waals surface area contributed by atoms with Crippen molar-refractivity contribution in [3.05, 3.63) is 58.7 Å². The van der Waals surface area contributed by atoms with Gasteiger partial charge in [0.15, 0.2) is 11.5 Å². The van der Waals surface area contributed by atoms with E-state index in [0.717, 1.165) is 69.4 Å². The molecule has 8 heteroatoms. The van der Waals surface area contributed by atoms with Crippen LogP contribution in [0.1, 0.15) is 72.5 Å². The third-order valence-electron chi connectivity index (χ3n) is 6.91. The number of carboxylic acid groups (broad SMARTS) is 1. The third kappa shape index (κ3) is 9.47. The Balaban J connectivity index is 0.00000324. The summed E-state index contributed by atoms with van der Waals surface area (Å²) in [5.41, 5.74) is 3.60. The van der Waals surface area contributed by atoms with Crippen molar-refractivity contribution in [3.63, 3.8) is 0 Å². The van der Waals surface area contributed by atoms with Gasteiger partial charge in [-0.05, 0) is 100 Å². The van der Waals surface area contributed by atoms with Gasteiger partial charge in [0.05, 0.1) is 5.56 Å². The lowest BCUT2D eigenvalue weighted by Gasteiger charge is -2.35. The number of fused-ring (bicyclic) bond motifs is 1. The molecule has 0 saturated heterocycles. The molecule has 6 nitrogen and oxygen atoms in total. The van der Waals surface area contributed by atoms with E-state index in [1.54, 1.807) is 18.2 Å². The number of benzene rings is 2. The van der Waals surface area contributed by atoms with Crippen LogP contribution in [0.5, 0.6) is 11.5 Å². The highest BCUT2D eigenvalue weighted by Gasteiger charge is 2.26. The van der Waals surface area contributed by atoms with Gasteiger partial charge in [-0.25, -0.2) is 4.79 Å². The van der Waals surface area contributed by atoms with Gasteiger partial charge in [0, 0.05) is 11.6 Å². The SMILES string of the molecule is CCCN(CCCCCCNCCc1ccc(C(=O)O)cc1)C1CCc2c(ccc(O)c2O)C1.Cl.Cl. The normalized spacial score (nSPS) is 14.6. The molecule has 1 atom stereocenters. The summed E-state index contributed by atoms with van der Waals surface area (Å²) in [6.07, 6.45) is 9.71. The van der Waals surface area contributed by atoms with Gasteiger partial charge < -0.3 is 25.5 Å². The standard InChI is InChI=1S/C28H40N2O4.2ClH/c1-2-18-30(24-12-13-25-23(20-24)11-14-26(31)27(25)32)19-6-4-3-5-16-29-17-15-21-7-9-22(10-8-21)28(33)34;;/h7-11,14,24,29,31-32H,2-6,12-13,15-20H2,1H3,(H,33,34);2*1H. The third-order valence-corrected chi connectivity index (χ3v) is 6.91. The summed E-state index contributed by atoms with van der Waals surface area (Å²) in [7, 11) is 0. The Morgan fingerprint density at radius 3 is 2.39 bits per heavy atom. The van der Waals surface area contributed by atoms with Crippen LogP contribution in [0.4, 0.5) is 0 Å². The van der Waals surface area contributed by atoms with Gasteiger partial charge in [-0.15, -0.1) is 24.8 Å². The minimum absolute atomic E-state index is 0. The monoisotopic (exact) mass is 540 g/mol. The first kappa shape index (κ1) is 32.0. The van der Waals surface area contributed by atoms with E-state index in [1.165, 1.54) is 31.2 Å². The molecule has 3 rings (SSSR count). The predicted molar refractivity (Wildman–Crippen MR) is 150 cm³/mol. The summed E-state index contributed by atoms with van der Waals surface area (Å²) in [4.78, 5) is 13.5. The molecule has 0 spiro atoms. The van der Waals surface area contributed by atoms with E-state index in [2.05, 4.69) is 17.1 Å². The zero-order chi connectivity index (χ0) is 24.3. The van der Waals surface area contributed by atoms with Crippen molar-refractivity contribution >= 4 is 30.8 Å². The van der Waals surface area contributed by atoms with Crippen molar-refractivity contribution in [3.8, 4) is 11.5 Å². The smallest absolute Gasteiger partial charge is 0.335 e. The van der Waals surface area contributed by atoms with Crippen LogP contribution in [0, 0.1) is 0 Å². The topological polar surface area (TPSA) is 93.0 Å². The minimum atomic E-state index is -0.881. The molecule has 0 amide bonds. The highest BCUT2D eigenvalue weighted by Crippen LogP contribution is 2.36. The van der Waals surface area contributed by atoms with E-state index in [4.69, 9.17) is 5.11 Å². The van der Waals surface area contributed by atoms with Crippen LogP contribution in [0.3, 0.4) is 0 Å². The molecule has 0 fully saturated rings. The van der Waals surface area contributed by atoms with Crippen molar-refractivity contribution in [1.82, 2.24) is 10.2 Å². The van der Waals surface area contributed by atoms with Crippen LogP contribution >= 0.6 is 24.8 Å². The number of carboxylic acids is 1. The molecule has 2 aromatic carbocycles. The summed E-state index contributed by atoms with van der Waals surface area (Å²) >= 11 is 0. The van der Waals surface area contributed by atoms with Gasteiger partial charge in [-0.3, -0.25) is 0 Å². The first-order valence-corrected chi connectivity index (χ1v) is 12.8. The van der Waals surface area contributed by atoms with Crippen molar-refractivity contribution in [2.24, 2.45) is 0 Å². The number of phenolic OH excluding ortho intramolecular Hbond substituents is 2. The molecular formula is C28H42Cl2N2O4. The van der Waals surface area contributed by atoms with E-state index in [-0.39, 0.29) is 36.3 Å². The van der Waals surface area contributed by atoms with Gasteiger partial charge in [-0.1, -0.05) is 38.0 Å². The average molecular weight is 542 g/mol. The second kappa shape index (κ2) is 16.7. The molecule has 1 unspecified atom stereocenters. The zero-order valence-corrected chi connectivity index (χ0v) is 22.9. The maximum atomic E-state index is 10.9. The number of hydrogen-bond acceptors (Lipinski definition) is 5. The summed E-state index contributed by atoms with van der Waals surface area (Å²) < 4.78 is 0. The number of nitrogens with one attached hydrogen (secondary N) is 1. The van der Waals surface area contributed by atoms with Gasteiger partial charge in [0.1, 0.15) is 0 Å². The lowest BCUT2D eigenvalue weighted by atomic mass is 9.86. The Morgan fingerprint density at radius 2 is 1.69 bits per heavy atom. The fourth-order valence-corrected chi connectivity index (χ4v) is 4.97. The molecule has 1 aliphatic carbocycles. The van der Waals surface area contributed by atoms with Crippen LogP contribution in [0.2, 0.25) is 0 Å². The second-order valence-corrected chi connectivity index (χ2v) is 9.42. The Labute approximate surface area is 227 Å². The van der Waals surface area contributed by atoms with Gasteiger partial charge in [-0.2, -0.15) is 0 Å². The molecule has 202 valence electrons. The fraction of sp³-hybridized carbons (Fsp3) is 0.536. The number of aromatic carboxylic acids is 1. The van der Waals surface area contributed by atoms with Crippen LogP contribution in [0.25, 0.3) is 0 Å². The fourth-order valence-electron chi connectivity index (χ4n) is 4.97. The maximum Gasteiger partial charge on any atom is 0.335 e. The molecule has 1 aliphatic rings. The number of rotatable bonds is 14. The zero-order valence-electron chi connectivity index (χ0n) is 21.2. The van der Waals surface area contributed by atoms with Crippen LogP contribution in [-0.2, 0) is 19.3 Å². The Bertz CT molecular complexity index is 925. The average Bonchev–Trinajstić information content (AvgIpc) is 2.84. The maximum absolute atomic E-state index is 10.9. The Morgan fingerprint density at radius 1 is 0.972 bits per heavy atom. The van der Waals surface area contributed by atoms with Crippen LogP contribution in [0.15, 0.2) is 36.4 Å². The number of carbonyl (C=O) groups is 1. The molecule has 0 radical (unpaired) electrons. The van der Waals surface area contributed by atoms with E-state index >= 15 is 0 Å². The molecule has 0 heterocycles. The number of unbranched alkanes of at least 4 members (excludes halogenated alkanes) is 3. The van der Waals surface area contributed by atoms with Crippen molar-refractivity contribution in [1.29, 1.82) is 0 Å². The van der Waals surface area contributed by atoms with Gasteiger partial charge >= 0.3 is 5.97 Å². The second-order valence-electron chi connectivity index (χ2n) is 9.42. The van der Waals surface area contributed by atoms with E-state index in [0.29, 0.717) is 11.6 Å². The first-order valence-electron chi connectivity index (χ1n) is 12.8. The van der Waals surface area contributed by atoms with Crippen LogP contribution < -0.4 is 5.32 Å². The number of aromatic hydroxyl groups is 2. The van der Waals surface area contributed by atoms with Crippen molar-refractivity contribution in [2.45, 2.75) is 70.8 Å². The van der Waals surface area contributed by atoms with Crippen molar-refractivity contribution in [2.75, 3.05) is 26.2 Å². The van der Waals surface area contributed by atoms with Crippen molar-refractivity contribution < 1.29 is 20.1 Å². The molecular weight excluding hydrogens is 499 g/mol. The lowest BCUT2D eigenvalue weighted by molar-refractivity contribution is 0.0697. The number of nitrogens with zero attached hydrogens (tertiary/aromatic N) is 1. The summed E-state index contributed by atoms with van der Waals surface area (Å²) in [6.45, 7) is 6.39. The Hall–Kier alpha value is -1.99. The molecule has 0 aliphatic heterocycles. The highest BCUT2D eigenvalue weighted by atomic mass is 35.5. The predicted octanol–water partition coefficient (Wildman–Crippen LogP) is 5.60. The molecule has 36 heavy (non-hydrogen) atoms. The highest BCUT2D eigenvalue weighted by molar-refractivity contribution is 5.87. The lowest BCUT2D eigenvalue weighted by Crippen LogP contribution is -2.40. The summed E-state index contributed by atoms with van der Waals surface area (Å²) in [5.74, 6) is -0.817. The summed E-state index contributed by atoms with van der Waals surface area (Å²) in [5, 5.41) is 32.4. The molecule has 0 saturated carbocycles. The van der Waals surface area contributed by atoms with E-state index in [9.17, 15) is 15.0 Å². The molecule has 0 bridgehead atoms. The largest absolute Gasteiger partial charge is 0.504 e. The number of hydrogen-bond donors (Lipinski definition) is 4. The minimum Gasteiger partial charge on any atom is -0.504 e. The molecule has 2 aromatic rings. The summed E-state index contributed by atoms with van der Waals surface area (Å²) in [6, 6.07) is 11.2. The Kier molecular flexibility index (Phi) is 14.9. The number of phenols is 2. The molecule has 4 N–H and O–H groups in total. The first-order chi connectivity index (χ1) is 16.5. The van der Waals surface area contributed by atoms with Crippen LogP contribution in [-0.4, -0.2) is 58.4 Å². The van der Waals surface area contributed by atoms with Gasteiger partial charge in [0.25, 0.3) is 0 Å². The van der Waals surface area contributed by atoms with E-state index < -0.39 is 5.97 Å². The quantitative estimate of drug-likeness (QED) is 0.184. The van der Waals surface area contributed by atoms with E-state index in [1.807, 2.05) is 18.2 Å². The van der Waals surface area contributed by atoms with Gasteiger partial charge in [0.2, 0.25) is 0 Å². The number of halogens is 2.